The molecule has 0 spiro atoms. The standard InChI is InChI=1S/C34H36O4.C2H6/c35-34(32-19-11-10-18-29(32)20-26-12-4-1-5-13-26)33-22-30(37-24-28-16-8-3-9-17-28)21-31(38-33)25-36-23-27-14-6-2-7-15-27;1-2/h1-19,30-31,33-35H,20-25H2;1-2H3/t30?,31-,33?,34?;/m0./s1. The van der Waals surface area contributed by atoms with Crippen LogP contribution in [-0.2, 0) is 33.8 Å². The third kappa shape index (κ3) is 8.87. The number of aliphatic hydroxyl groups is 1. The van der Waals surface area contributed by atoms with Crippen LogP contribution in [0.3, 0.4) is 0 Å². The molecule has 0 amide bonds. The quantitative estimate of drug-likeness (QED) is 0.213. The molecular formula is C36H42O4. The summed E-state index contributed by atoms with van der Waals surface area (Å²) in [4.78, 5) is 0. The molecule has 5 rings (SSSR count). The van der Waals surface area contributed by atoms with E-state index in [0.29, 0.717) is 26.2 Å². The molecule has 4 aromatic carbocycles. The van der Waals surface area contributed by atoms with Crippen LogP contribution in [0.25, 0.3) is 0 Å². The summed E-state index contributed by atoms with van der Waals surface area (Å²) < 4.78 is 18.9. The number of hydrogen-bond acceptors (Lipinski definition) is 4. The summed E-state index contributed by atoms with van der Waals surface area (Å²) in [5, 5.41) is 11.6. The summed E-state index contributed by atoms with van der Waals surface area (Å²) in [6.45, 7) is 5.52. The molecule has 1 fully saturated rings. The largest absolute Gasteiger partial charge is 0.386 e. The molecule has 0 aromatic heterocycles. The van der Waals surface area contributed by atoms with Gasteiger partial charge >= 0.3 is 0 Å². The lowest BCUT2D eigenvalue weighted by Gasteiger charge is -2.38. The first-order chi connectivity index (χ1) is 19.7. The van der Waals surface area contributed by atoms with Crippen LogP contribution in [0.5, 0.6) is 0 Å². The molecule has 4 atom stereocenters. The maximum absolute atomic E-state index is 11.6. The summed E-state index contributed by atoms with van der Waals surface area (Å²) >= 11 is 0. The van der Waals surface area contributed by atoms with E-state index in [9.17, 15) is 5.11 Å². The first-order valence-electron chi connectivity index (χ1n) is 14.5. The van der Waals surface area contributed by atoms with Gasteiger partial charge in [-0.2, -0.15) is 0 Å². The van der Waals surface area contributed by atoms with Gasteiger partial charge in [0.05, 0.1) is 38.1 Å². The Kier molecular flexibility index (Phi) is 12.0. The van der Waals surface area contributed by atoms with Gasteiger partial charge in [-0.05, 0) is 34.2 Å². The molecule has 0 saturated carbocycles. The molecule has 3 unspecified atom stereocenters. The predicted molar refractivity (Wildman–Crippen MR) is 161 cm³/mol. The Morgan fingerprint density at radius 3 is 1.90 bits per heavy atom. The zero-order valence-corrected chi connectivity index (χ0v) is 23.7. The number of ether oxygens (including phenoxy) is 3. The molecule has 1 aliphatic heterocycles. The maximum atomic E-state index is 11.6. The van der Waals surface area contributed by atoms with E-state index in [4.69, 9.17) is 14.2 Å². The normalized spacial score (nSPS) is 19.3. The fourth-order valence-electron chi connectivity index (χ4n) is 5.12. The highest BCUT2D eigenvalue weighted by atomic mass is 16.6. The van der Waals surface area contributed by atoms with Crippen molar-refractivity contribution in [2.45, 2.75) is 70.7 Å². The van der Waals surface area contributed by atoms with Crippen molar-refractivity contribution in [3.8, 4) is 0 Å². The van der Waals surface area contributed by atoms with Gasteiger partial charge in [-0.25, -0.2) is 0 Å². The van der Waals surface area contributed by atoms with Crippen molar-refractivity contribution >= 4 is 0 Å². The van der Waals surface area contributed by atoms with Crippen molar-refractivity contribution < 1.29 is 19.3 Å². The van der Waals surface area contributed by atoms with Crippen LogP contribution in [0.2, 0.25) is 0 Å². The zero-order chi connectivity index (χ0) is 28.0. The van der Waals surface area contributed by atoms with Crippen LogP contribution in [0.4, 0.5) is 0 Å². The van der Waals surface area contributed by atoms with Crippen molar-refractivity contribution in [1.29, 1.82) is 0 Å². The van der Waals surface area contributed by atoms with E-state index >= 15 is 0 Å². The van der Waals surface area contributed by atoms with Gasteiger partial charge in [-0.3, -0.25) is 0 Å². The highest BCUT2D eigenvalue weighted by Gasteiger charge is 2.35. The van der Waals surface area contributed by atoms with Crippen LogP contribution < -0.4 is 0 Å². The summed E-state index contributed by atoms with van der Waals surface area (Å²) in [7, 11) is 0. The van der Waals surface area contributed by atoms with Crippen molar-refractivity contribution in [3.63, 3.8) is 0 Å². The highest BCUT2D eigenvalue weighted by Crippen LogP contribution is 2.33. The van der Waals surface area contributed by atoms with Crippen molar-refractivity contribution in [2.75, 3.05) is 6.61 Å². The van der Waals surface area contributed by atoms with E-state index in [-0.39, 0.29) is 18.3 Å². The molecule has 40 heavy (non-hydrogen) atoms. The Balaban J connectivity index is 0.00000181. The summed E-state index contributed by atoms with van der Waals surface area (Å²) in [6.07, 6.45) is 0.795. The smallest absolute Gasteiger partial charge is 0.106 e. The van der Waals surface area contributed by atoms with E-state index < -0.39 is 6.10 Å². The SMILES string of the molecule is CC.OC(c1ccccc1Cc1ccccc1)C1CC(OCc2ccccc2)C[C@@H](COCc2ccccc2)O1. The van der Waals surface area contributed by atoms with Gasteiger partial charge in [0, 0.05) is 12.8 Å². The molecule has 1 aliphatic rings. The van der Waals surface area contributed by atoms with Gasteiger partial charge in [-0.15, -0.1) is 0 Å². The Morgan fingerprint density at radius 2 is 1.25 bits per heavy atom. The number of hydrogen-bond donors (Lipinski definition) is 1. The van der Waals surface area contributed by atoms with Gasteiger partial charge < -0.3 is 19.3 Å². The molecule has 1 N–H and O–H groups in total. The van der Waals surface area contributed by atoms with Crippen molar-refractivity contribution in [3.05, 3.63) is 143 Å². The van der Waals surface area contributed by atoms with E-state index in [1.165, 1.54) is 5.56 Å². The summed E-state index contributed by atoms with van der Waals surface area (Å²) in [5.74, 6) is 0. The molecule has 0 radical (unpaired) electrons. The minimum Gasteiger partial charge on any atom is -0.386 e. The molecule has 1 saturated heterocycles. The van der Waals surface area contributed by atoms with Crippen LogP contribution in [0.1, 0.15) is 60.6 Å². The molecule has 0 bridgehead atoms. The van der Waals surface area contributed by atoms with E-state index in [0.717, 1.165) is 35.1 Å². The predicted octanol–water partition coefficient (Wildman–Crippen LogP) is 7.69. The van der Waals surface area contributed by atoms with Crippen LogP contribution in [0, 0.1) is 0 Å². The van der Waals surface area contributed by atoms with Crippen LogP contribution in [-0.4, -0.2) is 30.0 Å². The summed E-state index contributed by atoms with van der Waals surface area (Å²) in [5.41, 5.74) is 5.51. The van der Waals surface area contributed by atoms with Gasteiger partial charge in [0.2, 0.25) is 0 Å². The molecule has 0 aliphatic carbocycles. The van der Waals surface area contributed by atoms with Crippen LogP contribution in [0.15, 0.2) is 115 Å². The third-order valence-corrected chi connectivity index (χ3v) is 7.10. The second-order valence-electron chi connectivity index (χ2n) is 9.99. The average molecular weight is 539 g/mol. The minimum absolute atomic E-state index is 0.0322. The van der Waals surface area contributed by atoms with E-state index in [1.807, 2.05) is 86.6 Å². The third-order valence-electron chi connectivity index (χ3n) is 7.10. The van der Waals surface area contributed by atoms with Gasteiger partial charge in [0.15, 0.2) is 0 Å². The second-order valence-corrected chi connectivity index (χ2v) is 9.99. The second kappa shape index (κ2) is 16.1. The monoisotopic (exact) mass is 538 g/mol. The molecule has 4 nitrogen and oxygen atoms in total. The Labute approximate surface area is 239 Å². The first kappa shape index (κ1) is 29.7. The Hall–Kier alpha value is -3.28. The molecule has 4 heteroatoms. The number of rotatable bonds is 11. The van der Waals surface area contributed by atoms with Gasteiger partial charge in [0.1, 0.15) is 6.10 Å². The molecule has 210 valence electrons. The number of aliphatic hydroxyl groups excluding tert-OH is 1. The fraction of sp³-hybridized carbons (Fsp3) is 0.333. The molecule has 1 heterocycles. The summed E-state index contributed by atoms with van der Waals surface area (Å²) in [6, 6.07) is 38.9. The minimum atomic E-state index is -0.755. The average Bonchev–Trinajstić information content (AvgIpc) is 3.02. The first-order valence-corrected chi connectivity index (χ1v) is 14.5. The Bertz CT molecular complexity index is 1230. The lowest BCUT2D eigenvalue weighted by molar-refractivity contribution is -0.169. The lowest BCUT2D eigenvalue weighted by atomic mass is 9.90. The Morgan fingerprint density at radius 1 is 0.700 bits per heavy atom. The van der Waals surface area contributed by atoms with Crippen LogP contribution >= 0.6 is 0 Å². The van der Waals surface area contributed by atoms with Crippen molar-refractivity contribution in [2.24, 2.45) is 0 Å². The fourth-order valence-corrected chi connectivity index (χ4v) is 5.12. The topological polar surface area (TPSA) is 47.9 Å². The highest BCUT2D eigenvalue weighted by molar-refractivity contribution is 5.34. The number of benzene rings is 4. The van der Waals surface area contributed by atoms with E-state index in [1.54, 1.807) is 0 Å². The van der Waals surface area contributed by atoms with Gasteiger partial charge in [0.25, 0.3) is 0 Å². The maximum Gasteiger partial charge on any atom is 0.106 e. The molecular weight excluding hydrogens is 496 g/mol. The van der Waals surface area contributed by atoms with Crippen molar-refractivity contribution in [1.82, 2.24) is 0 Å². The zero-order valence-electron chi connectivity index (χ0n) is 23.7. The molecule has 4 aromatic rings. The lowest BCUT2D eigenvalue weighted by Crippen LogP contribution is -2.42. The van der Waals surface area contributed by atoms with Gasteiger partial charge in [-0.1, -0.05) is 129 Å². The van der Waals surface area contributed by atoms with E-state index in [2.05, 4.69) is 42.5 Å².